The van der Waals surface area contributed by atoms with E-state index in [1.165, 1.54) is 5.56 Å². The van der Waals surface area contributed by atoms with Crippen molar-refractivity contribution in [3.05, 3.63) is 60.3 Å². The Morgan fingerprint density at radius 3 is 2.96 bits per heavy atom. The second-order valence-electron chi connectivity index (χ2n) is 6.88. The van der Waals surface area contributed by atoms with Crippen LogP contribution in [0.3, 0.4) is 0 Å². The van der Waals surface area contributed by atoms with Crippen molar-refractivity contribution in [1.29, 1.82) is 0 Å². The number of rotatable bonds is 6. The first-order chi connectivity index (χ1) is 12.7. The zero-order valence-electron chi connectivity index (χ0n) is 15.2. The third kappa shape index (κ3) is 3.71. The average Bonchev–Trinajstić information content (AvgIpc) is 3.23. The fourth-order valence-electron chi connectivity index (χ4n) is 3.54. The van der Waals surface area contributed by atoms with Gasteiger partial charge in [0.05, 0.1) is 18.0 Å². The van der Waals surface area contributed by atoms with Crippen LogP contribution in [-0.2, 0) is 11.3 Å². The number of methoxy groups -OCH3 is 1. The van der Waals surface area contributed by atoms with Crippen LogP contribution in [-0.4, -0.2) is 51.7 Å². The van der Waals surface area contributed by atoms with E-state index in [4.69, 9.17) is 14.5 Å². The van der Waals surface area contributed by atoms with E-state index in [0.29, 0.717) is 12.6 Å². The highest BCUT2D eigenvalue weighted by Gasteiger charge is 2.33. The van der Waals surface area contributed by atoms with Crippen LogP contribution < -0.4 is 4.74 Å². The smallest absolute Gasteiger partial charge is 0.137 e. The normalized spacial score (nSPS) is 20.7. The van der Waals surface area contributed by atoms with Crippen molar-refractivity contribution in [3.63, 3.8) is 0 Å². The van der Waals surface area contributed by atoms with Crippen LogP contribution in [0.15, 0.2) is 49.1 Å². The fraction of sp³-hybridized carbons (Fsp3) is 0.400. The molecule has 1 fully saturated rings. The number of pyridine rings is 2. The molecule has 136 valence electrons. The minimum absolute atomic E-state index is 0.233. The summed E-state index contributed by atoms with van der Waals surface area (Å²) < 4.78 is 13.6. The van der Waals surface area contributed by atoms with Gasteiger partial charge in [-0.25, -0.2) is 4.98 Å². The molecule has 0 bridgehead atoms. The molecule has 4 rings (SSSR count). The molecule has 6 nitrogen and oxygen atoms in total. The van der Waals surface area contributed by atoms with E-state index in [2.05, 4.69) is 45.7 Å². The lowest BCUT2D eigenvalue weighted by Gasteiger charge is -2.23. The van der Waals surface area contributed by atoms with Gasteiger partial charge < -0.3 is 13.9 Å². The largest absolute Gasteiger partial charge is 0.490 e. The van der Waals surface area contributed by atoms with Crippen LogP contribution in [0.2, 0.25) is 0 Å². The molecule has 0 unspecified atom stereocenters. The van der Waals surface area contributed by atoms with E-state index in [-0.39, 0.29) is 6.10 Å². The van der Waals surface area contributed by atoms with Gasteiger partial charge in [-0.05, 0) is 37.1 Å². The van der Waals surface area contributed by atoms with E-state index in [1.807, 2.05) is 12.1 Å². The Labute approximate surface area is 153 Å². The summed E-state index contributed by atoms with van der Waals surface area (Å²) in [6.45, 7) is 4.40. The number of aromatic nitrogens is 3. The molecule has 4 heterocycles. The van der Waals surface area contributed by atoms with Crippen LogP contribution in [0.1, 0.15) is 17.7 Å². The second-order valence-corrected chi connectivity index (χ2v) is 6.88. The standard InChI is InChI=1S/C20H24N4O2/c1-15-5-6-20-22-16(12-24(20)10-15)11-23-13-19(25-2)8-17(23)14-26-18-4-3-7-21-9-18/h3-7,9-10,12,17,19H,8,11,13-14H2,1-2H3/t17-,19+/m0/s1. The molecule has 0 aliphatic carbocycles. The predicted molar refractivity (Wildman–Crippen MR) is 99.3 cm³/mol. The number of hydrogen-bond donors (Lipinski definition) is 0. The highest BCUT2D eigenvalue weighted by Crippen LogP contribution is 2.23. The summed E-state index contributed by atoms with van der Waals surface area (Å²) in [5.74, 6) is 0.802. The van der Waals surface area contributed by atoms with Crippen LogP contribution in [0.4, 0.5) is 0 Å². The van der Waals surface area contributed by atoms with E-state index < -0.39 is 0 Å². The Morgan fingerprint density at radius 2 is 2.15 bits per heavy atom. The van der Waals surface area contributed by atoms with E-state index >= 15 is 0 Å². The average molecular weight is 352 g/mol. The highest BCUT2D eigenvalue weighted by molar-refractivity contribution is 5.41. The van der Waals surface area contributed by atoms with Crippen molar-refractivity contribution >= 4 is 5.65 Å². The van der Waals surface area contributed by atoms with E-state index in [9.17, 15) is 0 Å². The van der Waals surface area contributed by atoms with Gasteiger partial charge in [-0.2, -0.15) is 0 Å². The quantitative estimate of drug-likeness (QED) is 0.683. The van der Waals surface area contributed by atoms with Crippen molar-refractivity contribution < 1.29 is 9.47 Å². The Morgan fingerprint density at radius 1 is 1.23 bits per heavy atom. The van der Waals surface area contributed by atoms with Crippen molar-refractivity contribution in [2.24, 2.45) is 0 Å². The predicted octanol–water partition coefficient (Wildman–Crippen LogP) is 2.71. The molecule has 1 aliphatic heterocycles. The minimum atomic E-state index is 0.233. The number of fused-ring (bicyclic) bond motifs is 1. The number of likely N-dealkylation sites (tertiary alicyclic amines) is 1. The molecule has 2 atom stereocenters. The third-order valence-corrected chi connectivity index (χ3v) is 4.91. The SMILES string of the molecule is CO[C@@H]1C[C@@H](COc2cccnc2)N(Cc2cn3cc(C)ccc3n2)C1. The first-order valence-corrected chi connectivity index (χ1v) is 8.95. The van der Waals surface area contributed by atoms with Gasteiger partial charge in [0.2, 0.25) is 0 Å². The Hall–Kier alpha value is -2.44. The monoisotopic (exact) mass is 352 g/mol. The number of nitrogens with zero attached hydrogens (tertiary/aromatic N) is 4. The molecule has 26 heavy (non-hydrogen) atoms. The first-order valence-electron chi connectivity index (χ1n) is 8.95. The maximum atomic E-state index is 5.94. The van der Waals surface area contributed by atoms with Gasteiger partial charge in [0.25, 0.3) is 0 Å². The molecule has 0 N–H and O–H groups in total. The van der Waals surface area contributed by atoms with Gasteiger partial charge >= 0.3 is 0 Å². The number of imidazole rings is 1. The first kappa shape index (κ1) is 17.0. The Kier molecular flexibility index (Phi) is 4.86. The molecule has 1 saturated heterocycles. The summed E-state index contributed by atoms with van der Waals surface area (Å²) >= 11 is 0. The third-order valence-electron chi connectivity index (χ3n) is 4.91. The Bertz CT molecular complexity index is 865. The molecule has 0 amide bonds. The van der Waals surface area contributed by atoms with Gasteiger partial charge in [0.1, 0.15) is 18.0 Å². The zero-order valence-corrected chi connectivity index (χ0v) is 15.2. The lowest BCUT2D eigenvalue weighted by Crippen LogP contribution is -2.34. The van der Waals surface area contributed by atoms with Crippen molar-refractivity contribution in [3.8, 4) is 5.75 Å². The van der Waals surface area contributed by atoms with Crippen LogP contribution in [0.5, 0.6) is 5.75 Å². The summed E-state index contributed by atoms with van der Waals surface area (Å²) in [4.78, 5) is 11.3. The van der Waals surface area contributed by atoms with E-state index in [1.54, 1.807) is 19.5 Å². The number of hydrogen-bond acceptors (Lipinski definition) is 5. The Balaban J connectivity index is 1.46. The summed E-state index contributed by atoms with van der Waals surface area (Å²) in [7, 11) is 1.78. The molecule has 1 aliphatic rings. The molecular weight excluding hydrogens is 328 g/mol. The molecule has 0 radical (unpaired) electrons. The molecule has 0 aromatic carbocycles. The second kappa shape index (κ2) is 7.43. The fourth-order valence-corrected chi connectivity index (χ4v) is 3.54. The van der Waals surface area contributed by atoms with Crippen LogP contribution in [0, 0.1) is 6.92 Å². The minimum Gasteiger partial charge on any atom is -0.490 e. The summed E-state index contributed by atoms with van der Waals surface area (Å²) in [5.41, 5.74) is 3.28. The number of aryl methyl sites for hydroxylation is 1. The van der Waals surface area contributed by atoms with Gasteiger partial charge in [0.15, 0.2) is 0 Å². The molecule has 6 heteroatoms. The van der Waals surface area contributed by atoms with Crippen LogP contribution >= 0.6 is 0 Å². The molecule has 0 saturated carbocycles. The van der Waals surface area contributed by atoms with Gasteiger partial charge in [-0.15, -0.1) is 0 Å². The topological polar surface area (TPSA) is 51.9 Å². The summed E-state index contributed by atoms with van der Waals surface area (Å²) in [5, 5.41) is 0. The van der Waals surface area contributed by atoms with E-state index in [0.717, 1.165) is 36.6 Å². The summed E-state index contributed by atoms with van der Waals surface area (Å²) in [6.07, 6.45) is 8.91. The molecule has 0 spiro atoms. The van der Waals surface area contributed by atoms with Gasteiger partial charge in [-0.1, -0.05) is 6.07 Å². The maximum Gasteiger partial charge on any atom is 0.137 e. The van der Waals surface area contributed by atoms with Gasteiger partial charge in [0, 0.05) is 44.8 Å². The maximum absolute atomic E-state index is 5.94. The highest BCUT2D eigenvalue weighted by atomic mass is 16.5. The molecular formula is C20H24N4O2. The lowest BCUT2D eigenvalue weighted by molar-refractivity contribution is 0.107. The lowest BCUT2D eigenvalue weighted by atomic mass is 10.2. The van der Waals surface area contributed by atoms with Gasteiger partial charge in [-0.3, -0.25) is 9.88 Å². The van der Waals surface area contributed by atoms with Crippen molar-refractivity contribution in [2.45, 2.75) is 32.0 Å². The molecule has 3 aromatic rings. The van der Waals surface area contributed by atoms with Crippen LogP contribution in [0.25, 0.3) is 5.65 Å². The number of ether oxygens (including phenoxy) is 2. The van der Waals surface area contributed by atoms with Crippen molar-refractivity contribution in [2.75, 3.05) is 20.3 Å². The van der Waals surface area contributed by atoms with Crippen molar-refractivity contribution in [1.82, 2.24) is 19.3 Å². The summed E-state index contributed by atoms with van der Waals surface area (Å²) in [6, 6.07) is 8.27. The molecule has 3 aromatic heterocycles. The zero-order chi connectivity index (χ0) is 17.9.